The third kappa shape index (κ3) is 7.35. The monoisotopic (exact) mass is 483 g/mol. The average molecular weight is 484 g/mol. The fourth-order valence-electron chi connectivity index (χ4n) is 4.29. The lowest BCUT2D eigenvalue weighted by atomic mass is 9.90. The molecule has 1 aliphatic heterocycles. The van der Waals surface area contributed by atoms with Crippen LogP contribution in [0.5, 0.6) is 5.75 Å². The Hall–Kier alpha value is -1.87. The van der Waals surface area contributed by atoms with Gasteiger partial charge < -0.3 is 9.64 Å². The van der Waals surface area contributed by atoms with Crippen LogP contribution >= 0.6 is 15.9 Å². The summed E-state index contributed by atoms with van der Waals surface area (Å²) in [5, 5.41) is 9.15. The minimum Gasteiger partial charge on any atom is -0.492 e. The molecule has 5 heteroatoms. The van der Waals surface area contributed by atoms with E-state index in [-0.39, 0.29) is 0 Å². The summed E-state index contributed by atoms with van der Waals surface area (Å²) >= 11 is 3.45. The van der Waals surface area contributed by atoms with E-state index in [4.69, 9.17) is 10.00 Å². The van der Waals surface area contributed by atoms with Crippen molar-refractivity contribution in [1.82, 2.24) is 9.80 Å². The van der Waals surface area contributed by atoms with Crippen LogP contribution in [-0.2, 0) is 0 Å². The van der Waals surface area contributed by atoms with E-state index in [2.05, 4.69) is 50.9 Å². The topological polar surface area (TPSA) is 39.5 Å². The van der Waals surface area contributed by atoms with E-state index in [0.29, 0.717) is 5.92 Å². The summed E-state index contributed by atoms with van der Waals surface area (Å²) in [6.07, 6.45) is 3.59. The van der Waals surface area contributed by atoms with E-state index in [1.165, 1.54) is 24.9 Å². The number of hydrogen-bond donors (Lipinski definition) is 0. The smallest absolute Gasteiger partial charge is 0.119 e. The molecule has 31 heavy (non-hydrogen) atoms. The van der Waals surface area contributed by atoms with E-state index >= 15 is 0 Å². The molecule has 1 saturated heterocycles. The predicted molar refractivity (Wildman–Crippen MR) is 131 cm³/mol. The highest BCUT2D eigenvalue weighted by Gasteiger charge is 2.17. The van der Waals surface area contributed by atoms with Crippen molar-refractivity contribution in [1.29, 1.82) is 5.26 Å². The summed E-state index contributed by atoms with van der Waals surface area (Å²) < 4.78 is 6.94. The number of ether oxygens (including phenoxy) is 1. The second kappa shape index (κ2) is 12.2. The molecule has 0 radical (unpaired) electrons. The second-order valence-corrected chi connectivity index (χ2v) is 9.33. The van der Waals surface area contributed by atoms with Crippen LogP contribution in [0.1, 0.15) is 48.8 Å². The Kier molecular flexibility index (Phi) is 9.39. The van der Waals surface area contributed by atoms with Crippen molar-refractivity contribution >= 4 is 15.9 Å². The predicted octanol–water partition coefficient (Wildman–Crippen LogP) is 5.60. The summed E-state index contributed by atoms with van der Waals surface area (Å²) in [7, 11) is 0. The summed E-state index contributed by atoms with van der Waals surface area (Å²) in [6, 6.07) is 16.6. The van der Waals surface area contributed by atoms with E-state index in [9.17, 15) is 0 Å². The minimum atomic E-state index is 0.587. The van der Waals surface area contributed by atoms with Gasteiger partial charge in [-0.25, -0.2) is 0 Å². The maximum absolute atomic E-state index is 9.15. The molecule has 0 N–H and O–H groups in total. The van der Waals surface area contributed by atoms with Crippen LogP contribution in [-0.4, -0.2) is 55.7 Å². The van der Waals surface area contributed by atoms with Gasteiger partial charge in [0, 0.05) is 37.2 Å². The molecule has 2 aromatic rings. The molecule has 1 heterocycles. The number of halogens is 1. The Bertz CT molecular complexity index is 854. The largest absolute Gasteiger partial charge is 0.492 e. The van der Waals surface area contributed by atoms with Crippen molar-refractivity contribution < 1.29 is 4.74 Å². The van der Waals surface area contributed by atoms with Gasteiger partial charge in [-0.15, -0.1) is 0 Å². The Balaban J connectivity index is 1.33. The fraction of sp³-hybridized carbons (Fsp3) is 0.500. The maximum atomic E-state index is 9.15. The van der Waals surface area contributed by atoms with Gasteiger partial charge in [0.05, 0.1) is 11.6 Å². The van der Waals surface area contributed by atoms with Crippen LogP contribution < -0.4 is 4.74 Å². The molecule has 0 bridgehead atoms. The fourth-order valence-corrected chi connectivity index (χ4v) is 4.56. The van der Waals surface area contributed by atoms with Gasteiger partial charge >= 0.3 is 0 Å². The van der Waals surface area contributed by atoms with Crippen molar-refractivity contribution in [2.24, 2.45) is 0 Å². The van der Waals surface area contributed by atoms with E-state index in [0.717, 1.165) is 67.1 Å². The lowest BCUT2D eigenvalue weighted by Gasteiger charge is -2.34. The zero-order valence-electron chi connectivity index (χ0n) is 18.8. The van der Waals surface area contributed by atoms with Gasteiger partial charge in [0.25, 0.3) is 0 Å². The average Bonchev–Trinajstić information content (AvgIpc) is 2.79. The minimum absolute atomic E-state index is 0.587. The first-order chi connectivity index (χ1) is 15.1. The van der Waals surface area contributed by atoms with Gasteiger partial charge in [0.15, 0.2) is 0 Å². The molecule has 1 unspecified atom stereocenters. The number of nitrogens with zero attached hydrogens (tertiary/aromatic N) is 3. The first kappa shape index (κ1) is 23.8. The van der Waals surface area contributed by atoms with E-state index in [1.807, 2.05) is 37.3 Å². The second-order valence-electron chi connectivity index (χ2n) is 8.42. The van der Waals surface area contributed by atoms with Gasteiger partial charge in [-0.1, -0.05) is 35.0 Å². The Morgan fingerprint density at radius 2 is 1.71 bits per heavy atom. The van der Waals surface area contributed by atoms with Crippen LogP contribution in [0, 0.1) is 18.3 Å². The van der Waals surface area contributed by atoms with Crippen LogP contribution in [0.4, 0.5) is 0 Å². The molecule has 2 aromatic carbocycles. The van der Waals surface area contributed by atoms with Gasteiger partial charge in [-0.3, -0.25) is 4.90 Å². The normalized spacial score (nSPS) is 16.1. The molecule has 0 aliphatic carbocycles. The molecule has 1 atom stereocenters. The number of piperazine rings is 1. The molecular weight excluding hydrogens is 450 g/mol. The molecule has 4 nitrogen and oxygen atoms in total. The molecule has 1 aliphatic rings. The number of hydrogen-bond acceptors (Lipinski definition) is 4. The molecule has 1 fully saturated rings. The van der Waals surface area contributed by atoms with Crippen molar-refractivity contribution in [2.75, 3.05) is 45.9 Å². The van der Waals surface area contributed by atoms with Crippen LogP contribution in [0.25, 0.3) is 0 Å². The first-order valence-electron chi connectivity index (χ1n) is 11.4. The first-order valence-corrected chi connectivity index (χ1v) is 12.2. The molecule has 3 rings (SSSR count). The summed E-state index contributed by atoms with van der Waals surface area (Å²) in [6.45, 7) is 11.7. The molecule has 0 amide bonds. The van der Waals surface area contributed by atoms with Crippen LogP contribution in [0.2, 0.25) is 0 Å². The quantitative estimate of drug-likeness (QED) is 0.440. The van der Waals surface area contributed by atoms with Crippen LogP contribution in [0.3, 0.4) is 0 Å². The maximum Gasteiger partial charge on any atom is 0.119 e. The summed E-state index contributed by atoms with van der Waals surface area (Å²) in [5.41, 5.74) is 3.27. The van der Waals surface area contributed by atoms with E-state index < -0.39 is 0 Å². The Morgan fingerprint density at radius 1 is 1.03 bits per heavy atom. The van der Waals surface area contributed by atoms with Gasteiger partial charge in [0.1, 0.15) is 12.4 Å². The van der Waals surface area contributed by atoms with E-state index in [1.54, 1.807) is 0 Å². The Labute approximate surface area is 195 Å². The third-order valence-corrected chi connectivity index (χ3v) is 6.85. The number of rotatable bonds is 10. The number of benzene rings is 2. The highest BCUT2D eigenvalue weighted by atomic mass is 79.9. The molecule has 166 valence electrons. The van der Waals surface area contributed by atoms with Gasteiger partial charge in [0.2, 0.25) is 0 Å². The molecule has 0 saturated carbocycles. The molecule has 0 spiro atoms. The van der Waals surface area contributed by atoms with Crippen molar-refractivity contribution in [3.05, 3.63) is 63.6 Å². The van der Waals surface area contributed by atoms with Crippen LogP contribution in [0.15, 0.2) is 46.9 Å². The van der Waals surface area contributed by atoms with Gasteiger partial charge in [-0.2, -0.15) is 5.26 Å². The standard InChI is InChI=1S/C26H34BrN3O/c1-3-22(23-6-7-24(20-28)21(2)19-23)5-4-12-29-13-15-30(16-14-29)17-18-31-26-10-8-25(27)9-11-26/h6-11,19,22H,3-5,12-18H2,1-2H3. The molecular formula is C26H34BrN3O. The summed E-state index contributed by atoms with van der Waals surface area (Å²) in [4.78, 5) is 5.10. The van der Waals surface area contributed by atoms with Crippen molar-refractivity contribution in [3.8, 4) is 11.8 Å². The highest BCUT2D eigenvalue weighted by molar-refractivity contribution is 9.10. The highest BCUT2D eigenvalue weighted by Crippen LogP contribution is 2.26. The molecule has 0 aromatic heterocycles. The summed E-state index contributed by atoms with van der Waals surface area (Å²) in [5.74, 6) is 1.52. The number of aryl methyl sites for hydroxylation is 1. The third-order valence-electron chi connectivity index (χ3n) is 6.32. The lowest BCUT2D eigenvalue weighted by molar-refractivity contribution is 0.115. The van der Waals surface area contributed by atoms with Crippen molar-refractivity contribution in [2.45, 2.75) is 39.0 Å². The van der Waals surface area contributed by atoms with Crippen molar-refractivity contribution in [3.63, 3.8) is 0 Å². The zero-order valence-corrected chi connectivity index (χ0v) is 20.4. The van der Waals surface area contributed by atoms with Gasteiger partial charge in [-0.05, 0) is 80.1 Å². The lowest BCUT2D eigenvalue weighted by Crippen LogP contribution is -2.47. The SMILES string of the molecule is CCC(CCCN1CCN(CCOc2ccc(Br)cc2)CC1)c1ccc(C#N)c(C)c1. The number of nitriles is 1. The Morgan fingerprint density at radius 3 is 2.32 bits per heavy atom. The zero-order chi connectivity index (χ0) is 22.1.